The lowest BCUT2D eigenvalue weighted by Crippen LogP contribution is -2.51. The first-order chi connectivity index (χ1) is 9.30. The van der Waals surface area contributed by atoms with Crippen molar-refractivity contribution in [3.05, 3.63) is 10.2 Å². The Bertz CT molecular complexity index is 452. The van der Waals surface area contributed by atoms with Crippen LogP contribution in [0.2, 0.25) is 18.1 Å². The van der Waals surface area contributed by atoms with Crippen LogP contribution in [0.25, 0.3) is 0 Å². The van der Waals surface area contributed by atoms with Crippen molar-refractivity contribution in [2.24, 2.45) is 5.41 Å². The fraction of sp³-hybridized carbons (Fsp3) is 0.882. The summed E-state index contributed by atoms with van der Waals surface area (Å²) in [4.78, 5) is 0. The number of hydrogen-bond acceptors (Lipinski definition) is 2. The van der Waals surface area contributed by atoms with Crippen LogP contribution < -0.4 is 0 Å². The van der Waals surface area contributed by atoms with Gasteiger partial charge in [0.05, 0.1) is 0 Å². The van der Waals surface area contributed by atoms with Crippen molar-refractivity contribution in [1.29, 1.82) is 0 Å². The summed E-state index contributed by atoms with van der Waals surface area (Å²) in [6.07, 6.45) is 4.68. The molecule has 0 aromatic rings. The first-order valence-electron chi connectivity index (χ1n) is 7.96. The number of ether oxygens (including phenoxy) is 1. The molecule has 1 aliphatic heterocycles. The molecule has 21 heavy (non-hydrogen) atoms. The van der Waals surface area contributed by atoms with E-state index in [9.17, 15) is 0 Å². The maximum absolute atomic E-state index is 6.70. The van der Waals surface area contributed by atoms with Crippen LogP contribution >= 0.6 is 22.6 Å². The molecule has 2 rings (SSSR count). The van der Waals surface area contributed by atoms with E-state index in [0.717, 1.165) is 12.8 Å². The zero-order valence-corrected chi connectivity index (χ0v) is 18.0. The van der Waals surface area contributed by atoms with E-state index in [1.54, 1.807) is 0 Å². The van der Waals surface area contributed by atoms with Gasteiger partial charge >= 0.3 is 0 Å². The Labute approximate surface area is 145 Å². The lowest BCUT2D eigenvalue weighted by Gasteiger charge is -2.45. The highest BCUT2D eigenvalue weighted by Crippen LogP contribution is 2.66. The second-order valence-corrected chi connectivity index (χ2v) is 14.6. The summed E-state index contributed by atoms with van der Waals surface area (Å²) >= 11 is 2.30. The van der Waals surface area contributed by atoms with Gasteiger partial charge in [0.15, 0.2) is 8.32 Å². The molecule has 2 aliphatic rings. The van der Waals surface area contributed by atoms with Crippen molar-refractivity contribution in [2.75, 3.05) is 0 Å². The molecule has 1 heterocycles. The number of rotatable bonds is 3. The van der Waals surface area contributed by atoms with Crippen LogP contribution in [0.15, 0.2) is 10.2 Å². The SMILES string of the molecule is CC1(C)C[C@H](O[Si](C)(C)C(C)(C)C)C[C@@]2(C)O[C@@]12/C=C/I. The fourth-order valence-electron chi connectivity index (χ4n) is 3.81. The minimum atomic E-state index is -1.72. The largest absolute Gasteiger partial charge is 0.414 e. The third kappa shape index (κ3) is 2.79. The van der Waals surface area contributed by atoms with Gasteiger partial charge < -0.3 is 9.16 Å². The molecule has 122 valence electrons. The molecular weight excluding hydrogens is 391 g/mol. The fourth-order valence-corrected chi connectivity index (χ4v) is 5.67. The van der Waals surface area contributed by atoms with Crippen molar-refractivity contribution < 1.29 is 9.16 Å². The predicted octanol–water partition coefficient (Wildman–Crippen LogP) is 5.67. The topological polar surface area (TPSA) is 21.8 Å². The van der Waals surface area contributed by atoms with Crippen molar-refractivity contribution in [2.45, 2.75) is 89.8 Å². The molecule has 1 saturated carbocycles. The quantitative estimate of drug-likeness (QED) is 0.332. The minimum absolute atomic E-state index is 0.0521. The molecule has 0 unspecified atom stereocenters. The summed E-state index contributed by atoms with van der Waals surface area (Å²) in [5.41, 5.74) is -0.0212. The molecule has 2 nitrogen and oxygen atoms in total. The highest BCUT2D eigenvalue weighted by molar-refractivity contribution is 14.1. The summed E-state index contributed by atoms with van der Waals surface area (Å²) in [5, 5.41) is 0.263. The van der Waals surface area contributed by atoms with E-state index in [4.69, 9.17) is 9.16 Å². The van der Waals surface area contributed by atoms with E-state index in [2.05, 4.69) is 87.4 Å². The normalized spacial score (nSPS) is 39.4. The Balaban J connectivity index is 2.19. The summed E-state index contributed by atoms with van der Waals surface area (Å²) in [7, 11) is -1.72. The van der Waals surface area contributed by atoms with Gasteiger partial charge in [-0.2, -0.15) is 0 Å². The second kappa shape index (κ2) is 5.05. The summed E-state index contributed by atoms with van der Waals surface area (Å²) < 4.78 is 15.1. The monoisotopic (exact) mass is 422 g/mol. The summed E-state index contributed by atoms with van der Waals surface area (Å²) in [6, 6.07) is 0. The molecule has 4 heteroatoms. The zero-order valence-electron chi connectivity index (χ0n) is 14.8. The van der Waals surface area contributed by atoms with E-state index >= 15 is 0 Å². The molecule has 3 atom stereocenters. The summed E-state index contributed by atoms with van der Waals surface area (Å²) in [5.74, 6) is 0. The number of fused-ring (bicyclic) bond motifs is 1. The molecular formula is C17H31IO2Si. The number of epoxide rings is 1. The minimum Gasteiger partial charge on any atom is -0.414 e. The van der Waals surface area contributed by atoms with Gasteiger partial charge in [-0.25, -0.2) is 0 Å². The Morgan fingerprint density at radius 3 is 2.19 bits per heavy atom. The average Bonchev–Trinajstić information content (AvgIpc) is 2.82. The van der Waals surface area contributed by atoms with E-state index in [1.807, 2.05) is 0 Å². The predicted molar refractivity (Wildman–Crippen MR) is 100 cm³/mol. The number of hydrogen-bond donors (Lipinski definition) is 0. The highest BCUT2D eigenvalue weighted by Gasteiger charge is 2.75. The molecule has 1 aliphatic carbocycles. The van der Waals surface area contributed by atoms with Gasteiger partial charge in [-0.15, -0.1) is 0 Å². The van der Waals surface area contributed by atoms with Gasteiger partial charge in [-0.3, -0.25) is 0 Å². The van der Waals surface area contributed by atoms with E-state index < -0.39 is 8.32 Å². The average molecular weight is 422 g/mol. The van der Waals surface area contributed by atoms with Gasteiger partial charge in [0, 0.05) is 17.9 Å². The molecule has 0 radical (unpaired) electrons. The van der Waals surface area contributed by atoms with Crippen LogP contribution in [-0.2, 0) is 9.16 Å². The Kier molecular flexibility index (Phi) is 4.32. The van der Waals surface area contributed by atoms with Crippen LogP contribution in [0.5, 0.6) is 0 Å². The van der Waals surface area contributed by atoms with Crippen LogP contribution in [0, 0.1) is 5.41 Å². The first kappa shape index (κ1) is 18.0. The van der Waals surface area contributed by atoms with Crippen LogP contribution in [0.4, 0.5) is 0 Å². The molecule has 0 aromatic heterocycles. The van der Waals surface area contributed by atoms with Crippen LogP contribution in [0.3, 0.4) is 0 Å². The Morgan fingerprint density at radius 2 is 1.76 bits per heavy atom. The molecule has 0 bridgehead atoms. The van der Waals surface area contributed by atoms with Crippen LogP contribution in [-0.4, -0.2) is 25.6 Å². The van der Waals surface area contributed by atoms with Gasteiger partial charge in [-0.1, -0.05) is 57.2 Å². The molecule has 0 N–H and O–H groups in total. The number of halogens is 1. The maximum atomic E-state index is 6.70. The van der Waals surface area contributed by atoms with Crippen molar-refractivity contribution in [1.82, 2.24) is 0 Å². The molecule has 0 amide bonds. The molecule has 0 spiro atoms. The first-order valence-corrected chi connectivity index (χ1v) is 12.1. The van der Waals surface area contributed by atoms with Crippen molar-refractivity contribution >= 4 is 30.9 Å². The molecule has 1 saturated heterocycles. The lowest BCUT2D eigenvalue weighted by atomic mass is 9.63. The van der Waals surface area contributed by atoms with Gasteiger partial charge in [-0.05, 0) is 41.6 Å². The molecule has 0 aromatic carbocycles. The maximum Gasteiger partial charge on any atom is 0.192 e. The second-order valence-electron chi connectivity index (χ2n) is 9.15. The Hall–Kier alpha value is 0.607. The van der Waals surface area contributed by atoms with Gasteiger partial charge in [0.2, 0.25) is 0 Å². The summed E-state index contributed by atoms with van der Waals surface area (Å²) in [6.45, 7) is 18.5. The third-order valence-corrected chi connectivity index (χ3v) is 11.0. The van der Waals surface area contributed by atoms with Gasteiger partial charge in [0.1, 0.15) is 11.2 Å². The van der Waals surface area contributed by atoms with E-state index in [0.29, 0.717) is 6.10 Å². The van der Waals surface area contributed by atoms with E-state index in [1.165, 1.54) is 0 Å². The zero-order chi connectivity index (χ0) is 16.3. The van der Waals surface area contributed by atoms with Gasteiger partial charge in [0.25, 0.3) is 0 Å². The smallest absolute Gasteiger partial charge is 0.192 e. The standard InChI is InChI=1S/C17H31IO2Si/c1-14(2,3)21(7,8)19-13-11-15(4,5)17(9-10-18)16(6,12-13)20-17/h9-10,13H,11-12H2,1-8H3/b10-9+/t13-,16+,17-/m0/s1. The van der Waals surface area contributed by atoms with E-state index in [-0.39, 0.29) is 21.7 Å². The third-order valence-electron chi connectivity index (χ3n) is 6.06. The Morgan fingerprint density at radius 1 is 1.19 bits per heavy atom. The van der Waals surface area contributed by atoms with Crippen molar-refractivity contribution in [3.8, 4) is 0 Å². The lowest BCUT2D eigenvalue weighted by molar-refractivity contribution is 0.0588. The molecule has 2 fully saturated rings. The van der Waals surface area contributed by atoms with Crippen LogP contribution in [0.1, 0.15) is 54.4 Å². The van der Waals surface area contributed by atoms with Crippen molar-refractivity contribution in [3.63, 3.8) is 0 Å². The highest BCUT2D eigenvalue weighted by atomic mass is 127.